The summed E-state index contributed by atoms with van der Waals surface area (Å²) >= 11 is 0. The van der Waals surface area contributed by atoms with Crippen LogP contribution in [0.3, 0.4) is 0 Å². The summed E-state index contributed by atoms with van der Waals surface area (Å²) in [5.74, 6) is 1.74. The highest BCUT2D eigenvalue weighted by Gasteiger charge is 2.37. The van der Waals surface area contributed by atoms with E-state index in [0.29, 0.717) is 24.7 Å². The standard InChI is InChI=1S/C13H21N3O2.ClH/c17-12-3-1-11(15-12)2-4-13(18)16-7-9-5-14-6-10(9)8-16;/h9-11,14H,1-8H2,(H,15,17);1H/t9-,10-,11?;/m0./s1. The van der Waals surface area contributed by atoms with E-state index in [0.717, 1.165) is 39.0 Å². The lowest BCUT2D eigenvalue weighted by Crippen LogP contribution is -2.33. The molecule has 6 heteroatoms. The van der Waals surface area contributed by atoms with Gasteiger partial charge < -0.3 is 15.5 Å². The van der Waals surface area contributed by atoms with Crippen LogP contribution in [0.25, 0.3) is 0 Å². The first-order valence-electron chi connectivity index (χ1n) is 7.00. The van der Waals surface area contributed by atoms with Crippen LogP contribution in [0.1, 0.15) is 25.7 Å². The molecule has 5 nitrogen and oxygen atoms in total. The minimum absolute atomic E-state index is 0. The summed E-state index contributed by atoms with van der Waals surface area (Å²) in [6.07, 6.45) is 2.89. The number of halogens is 1. The number of hydrogen-bond donors (Lipinski definition) is 2. The lowest BCUT2D eigenvalue weighted by molar-refractivity contribution is -0.130. The van der Waals surface area contributed by atoms with Gasteiger partial charge in [-0.1, -0.05) is 0 Å². The maximum atomic E-state index is 12.1. The maximum Gasteiger partial charge on any atom is 0.222 e. The molecule has 3 fully saturated rings. The van der Waals surface area contributed by atoms with Crippen LogP contribution < -0.4 is 10.6 Å². The van der Waals surface area contributed by atoms with Crippen LogP contribution in [-0.4, -0.2) is 48.9 Å². The molecule has 3 aliphatic rings. The number of amides is 2. The fourth-order valence-electron chi connectivity index (χ4n) is 3.41. The molecule has 3 aliphatic heterocycles. The summed E-state index contributed by atoms with van der Waals surface area (Å²) in [6.45, 7) is 3.97. The van der Waals surface area contributed by atoms with Gasteiger partial charge in [0.15, 0.2) is 0 Å². The second kappa shape index (κ2) is 6.09. The Labute approximate surface area is 119 Å². The van der Waals surface area contributed by atoms with Crippen molar-refractivity contribution in [2.45, 2.75) is 31.7 Å². The highest BCUT2D eigenvalue weighted by atomic mass is 35.5. The summed E-state index contributed by atoms with van der Waals surface area (Å²) in [7, 11) is 0. The van der Waals surface area contributed by atoms with E-state index in [4.69, 9.17) is 0 Å². The Bertz CT molecular complexity index is 352. The zero-order valence-corrected chi connectivity index (χ0v) is 11.9. The molecule has 0 bridgehead atoms. The molecule has 0 aliphatic carbocycles. The van der Waals surface area contributed by atoms with E-state index in [9.17, 15) is 9.59 Å². The zero-order valence-electron chi connectivity index (χ0n) is 11.1. The molecule has 0 spiro atoms. The monoisotopic (exact) mass is 287 g/mol. The van der Waals surface area contributed by atoms with Crippen molar-refractivity contribution in [3.8, 4) is 0 Å². The highest BCUT2D eigenvalue weighted by Crippen LogP contribution is 2.27. The molecule has 3 atom stereocenters. The van der Waals surface area contributed by atoms with E-state index in [1.807, 2.05) is 4.90 Å². The predicted molar refractivity (Wildman–Crippen MR) is 74.1 cm³/mol. The lowest BCUT2D eigenvalue weighted by Gasteiger charge is -2.18. The minimum Gasteiger partial charge on any atom is -0.353 e. The van der Waals surface area contributed by atoms with Crippen LogP contribution in [0.4, 0.5) is 0 Å². The van der Waals surface area contributed by atoms with Gasteiger partial charge in [-0.2, -0.15) is 0 Å². The van der Waals surface area contributed by atoms with Gasteiger partial charge in [-0.15, -0.1) is 12.4 Å². The number of nitrogens with one attached hydrogen (secondary N) is 2. The smallest absolute Gasteiger partial charge is 0.222 e. The lowest BCUT2D eigenvalue weighted by atomic mass is 10.0. The average Bonchev–Trinajstić information content (AvgIpc) is 3.00. The number of carbonyl (C=O) groups excluding carboxylic acids is 2. The number of likely N-dealkylation sites (tertiary alicyclic amines) is 1. The topological polar surface area (TPSA) is 61.4 Å². The summed E-state index contributed by atoms with van der Waals surface area (Å²) in [5.41, 5.74) is 0. The van der Waals surface area contributed by atoms with Crippen LogP contribution >= 0.6 is 12.4 Å². The number of carbonyl (C=O) groups is 2. The molecule has 19 heavy (non-hydrogen) atoms. The minimum atomic E-state index is 0. The van der Waals surface area contributed by atoms with Crippen molar-refractivity contribution in [2.24, 2.45) is 11.8 Å². The first-order chi connectivity index (χ1) is 8.72. The second-order valence-electron chi connectivity index (χ2n) is 5.82. The van der Waals surface area contributed by atoms with Crippen molar-refractivity contribution in [1.82, 2.24) is 15.5 Å². The molecule has 108 valence electrons. The highest BCUT2D eigenvalue weighted by molar-refractivity contribution is 5.85. The second-order valence-corrected chi connectivity index (χ2v) is 5.82. The van der Waals surface area contributed by atoms with Crippen molar-refractivity contribution in [2.75, 3.05) is 26.2 Å². The van der Waals surface area contributed by atoms with Gasteiger partial charge >= 0.3 is 0 Å². The molecular formula is C13H22ClN3O2. The molecule has 3 rings (SSSR count). The number of nitrogens with zero attached hydrogens (tertiary/aromatic N) is 1. The summed E-state index contributed by atoms with van der Waals surface area (Å²) in [5, 5.41) is 6.30. The van der Waals surface area contributed by atoms with E-state index < -0.39 is 0 Å². The van der Waals surface area contributed by atoms with E-state index in [1.165, 1.54) is 0 Å². The number of hydrogen-bond acceptors (Lipinski definition) is 3. The number of fused-ring (bicyclic) bond motifs is 1. The molecular weight excluding hydrogens is 266 g/mol. The molecule has 1 unspecified atom stereocenters. The van der Waals surface area contributed by atoms with Crippen LogP contribution in [0, 0.1) is 11.8 Å². The molecule has 0 radical (unpaired) electrons. The SMILES string of the molecule is Cl.O=C1CCC(CCC(=O)N2C[C@@H]3CNC[C@H]3C2)N1. The Morgan fingerprint density at radius 2 is 1.95 bits per heavy atom. The van der Waals surface area contributed by atoms with Crippen LogP contribution in [0.2, 0.25) is 0 Å². The fraction of sp³-hybridized carbons (Fsp3) is 0.846. The Morgan fingerprint density at radius 1 is 1.26 bits per heavy atom. The third kappa shape index (κ3) is 3.20. The van der Waals surface area contributed by atoms with E-state index in [-0.39, 0.29) is 30.3 Å². The molecule has 0 aromatic heterocycles. The van der Waals surface area contributed by atoms with Crippen molar-refractivity contribution >= 4 is 24.2 Å². The van der Waals surface area contributed by atoms with Gasteiger partial charge in [-0.05, 0) is 24.7 Å². The molecule has 0 aromatic carbocycles. The van der Waals surface area contributed by atoms with Gasteiger partial charge in [0, 0.05) is 45.1 Å². The molecule has 0 aromatic rings. The summed E-state index contributed by atoms with van der Waals surface area (Å²) in [6, 6.07) is 0.227. The van der Waals surface area contributed by atoms with Gasteiger partial charge in [-0.3, -0.25) is 9.59 Å². The average molecular weight is 288 g/mol. The third-order valence-corrected chi connectivity index (χ3v) is 4.53. The maximum absolute atomic E-state index is 12.1. The Morgan fingerprint density at radius 3 is 2.53 bits per heavy atom. The Hall–Kier alpha value is -0.810. The molecule has 2 N–H and O–H groups in total. The third-order valence-electron chi connectivity index (χ3n) is 4.53. The van der Waals surface area contributed by atoms with E-state index in [2.05, 4.69) is 10.6 Å². The van der Waals surface area contributed by atoms with Gasteiger partial charge in [-0.25, -0.2) is 0 Å². The van der Waals surface area contributed by atoms with Crippen molar-refractivity contribution in [1.29, 1.82) is 0 Å². The Balaban J connectivity index is 0.00000133. The first-order valence-corrected chi connectivity index (χ1v) is 7.00. The molecule has 3 saturated heterocycles. The molecule has 3 heterocycles. The normalized spacial score (nSPS) is 32.9. The summed E-state index contributed by atoms with van der Waals surface area (Å²) in [4.78, 5) is 25.2. The molecule has 2 amide bonds. The van der Waals surface area contributed by atoms with Gasteiger partial charge in [0.25, 0.3) is 0 Å². The quantitative estimate of drug-likeness (QED) is 0.776. The Kier molecular flexibility index (Phi) is 4.68. The first kappa shape index (κ1) is 14.6. The fourth-order valence-corrected chi connectivity index (χ4v) is 3.41. The number of rotatable bonds is 3. The van der Waals surface area contributed by atoms with Crippen LogP contribution in [-0.2, 0) is 9.59 Å². The van der Waals surface area contributed by atoms with Crippen molar-refractivity contribution in [3.63, 3.8) is 0 Å². The summed E-state index contributed by atoms with van der Waals surface area (Å²) < 4.78 is 0. The zero-order chi connectivity index (χ0) is 12.5. The molecule has 0 saturated carbocycles. The van der Waals surface area contributed by atoms with Gasteiger partial charge in [0.1, 0.15) is 0 Å². The van der Waals surface area contributed by atoms with Crippen molar-refractivity contribution < 1.29 is 9.59 Å². The predicted octanol–water partition coefficient (Wildman–Crippen LogP) is 0.145. The van der Waals surface area contributed by atoms with Crippen molar-refractivity contribution in [3.05, 3.63) is 0 Å². The van der Waals surface area contributed by atoms with Gasteiger partial charge in [0.2, 0.25) is 11.8 Å². The van der Waals surface area contributed by atoms with E-state index >= 15 is 0 Å². The van der Waals surface area contributed by atoms with Crippen LogP contribution in [0.5, 0.6) is 0 Å². The van der Waals surface area contributed by atoms with Gasteiger partial charge in [0.05, 0.1) is 0 Å². The van der Waals surface area contributed by atoms with E-state index in [1.54, 1.807) is 0 Å². The van der Waals surface area contributed by atoms with Crippen LogP contribution in [0.15, 0.2) is 0 Å². The largest absolute Gasteiger partial charge is 0.353 e.